The SMILES string of the molecule is COCCOc1ccnc(C[S@](=O)c2nc3ccc(C)cc3[nH]2)c1. The number of aromatic nitrogens is 3. The number of aromatic amines is 1. The first-order valence-corrected chi connectivity index (χ1v) is 8.89. The van der Waals surface area contributed by atoms with Crippen LogP contribution >= 0.6 is 0 Å². The Hall–Kier alpha value is -2.25. The van der Waals surface area contributed by atoms with E-state index in [1.807, 2.05) is 25.1 Å². The zero-order valence-electron chi connectivity index (χ0n) is 13.6. The number of aryl methyl sites for hydroxylation is 1. The molecule has 7 heteroatoms. The minimum absolute atomic E-state index is 0.278. The van der Waals surface area contributed by atoms with Crippen molar-refractivity contribution in [3.63, 3.8) is 0 Å². The molecule has 0 fully saturated rings. The molecule has 0 saturated heterocycles. The summed E-state index contributed by atoms with van der Waals surface area (Å²) in [5.74, 6) is 0.967. The van der Waals surface area contributed by atoms with E-state index in [1.165, 1.54) is 0 Å². The van der Waals surface area contributed by atoms with Crippen molar-refractivity contribution in [2.45, 2.75) is 17.8 Å². The molecule has 1 N–H and O–H groups in total. The number of imidazole rings is 1. The summed E-state index contributed by atoms with van der Waals surface area (Å²) in [6.45, 7) is 2.99. The highest BCUT2D eigenvalue weighted by Crippen LogP contribution is 2.18. The van der Waals surface area contributed by atoms with Crippen molar-refractivity contribution in [2.75, 3.05) is 20.3 Å². The molecule has 6 nitrogen and oxygen atoms in total. The largest absolute Gasteiger partial charge is 0.491 e. The number of hydrogen-bond acceptors (Lipinski definition) is 5. The second-order valence-corrected chi connectivity index (χ2v) is 6.74. The number of fused-ring (bicyclic) bond motifs is 1. The Bertz CT molecular complexity index is 863. The van der Waals surface area contributed by atoms with Crippen molar-refractivity contribution >= 4 is 21.8 Å². The molecule has 1 atom stereocenters. The smallest absolute Gasteiger partial charge is 0.197 e. The molecule has 24 heavy (non-hydrogen) atoms. The molecule has 0 unspecified atom stereocenters. The number of methoxy groups -OCH3 is 1. The Labute approximate surface area is 142 Å². The monoisotopic (exact) mass is 345 g/mol. The highest BCUT2D eigenvalue weighted by atomic mass is 32.2. The summed E-state index contributed by atoms with van der Waals surface area (Å²) in [5, 5.41) is 0.461. The van der Waals surface area contributed by atoms with Gasteiger partial charge in [0.25, 0.3) is 0 Å². The summed E-state index contributed by atoms with van der Waals surface area (Å²) in [5.41, 5.74) is 3.53. The number of nitrogens with zero attached hydrogens (tertiary/aromatic N) is 2. The van der Waals surface area contributed by atoms with Gasteiger partial charge in [0.05, 0.1) is 39.9 Å². The van der Waals surface area contributed by atoms with Crippen molar-refractivity contribution in [1.82, 2.24) is 15.0 Å². The number of rotatable bonds is 7. The number of benzene rings is 1. The Morgan fingerprint density at radius 3 is 2.92 bits per heavy atom. The molecular weight excluding hydrogens is 326 g/mol. The fourth-order valence-electron chi connectivity index (χ4n) is 2.28. The lowest BCUT2D eigenvalue weighted by atomic mass is 10.2. The van der Waals surface area contributed by atoms with Gasteiger partial charge in [-0.3, -0.25) is 9.19 Å². The Morgan fingerprint density at radius 2 is 2.08 bits per heavy atom. The predicted octanol–water partition coefficient (Wildman–Crippen LogP) is 2.60. The van der Waals surface area contributed by atoms with E-state index in [4.69, 9.17) is 9.47 Å². The number of nitrogens with one attached hydrogen (secondary N) is 1. The van der Waals surface area contributed by atoms with Gasteiger partial charge >= 0.3 is 0 Å². The fourth-order valence-corrected chi connectivity index (χ4v) is 3.27. The molecule has 3 aromatic rings. The zero-order chi connectivity index (χ0) is 16.9. The van der Waals surface area contributed by atoms with Crippen LogP contribution in [0.15, 0.2) is 41.7 Å². The van der Waals surface area contributed by atoms with Gasteiger partial charge in [0.1, 0.15) is 12.4 Å². The van der Waals surface area contributed by atoms with Crippen LogP contribution in [0.1, 0.15) is 11.3 Å². The second kappa shape index (κ2) is 7.55. The van der Waals surface area contributed by atoms with Gasteiger partial charge in [0.15, 0.2) is 5.16 Å². The number of H-pyrrole nitrogens is 1. The summed E-state index contributed by atoms with van der Waals surface area (Å²) in [7, 11) is 0.326. The van der Waals surface area contributed by atoms with Gasteiger partial charge in [-0.2, -0.15) is 0 Å². The summed E-state index contributed by atoms with van der Waals surface area (Å²) in [6.07, 6.45) is 1.65. The molecule has 0 saturated carbocycles. The van der Waals surface area contributed by atoms with Gasteiger partial charge < -0.3 is 14.5 Å². The van der Waals surface area contributed by atoms with Gasteiger partial charge in [0, 0.05) is 19.4 Å². The third-order valence-corrected chi connectivity index (χ3v) is 4.64. The number of ether oxygens (including phenoxy) is 2. The van der Waals surface area contributed by atoms with Crippen molar-refractivity contribution in [1.29, 1.82) is 0 Å². The maximum absolute atomic E-state index is 12.6. The van der Waals surface area contributed by atoms with E-state index in [9.17, 15) is 4.21 Å². The van der Waals surface area contributed by atoms with Gasteiger partial charge in [-0.15, -0.1) is 0 Å². The molecular formula is C17H19N3O3S. The first-order valence-electron chi connectivity index (χ1n) is 7.57. The molecule has 0 bridgehead atoms. The summed E-state index contributed by atoms with van der Waals surface area (Å²) in [6, 6.07) is 9.46. The van der Waals surface area contributed by atoms with Crippen molar-refractivity contribution in [3.05, 3.63) is 47.8 Å². The van der Waals surface area contributed by atoms with Crippen LogP contribution in [0.2, 0.25) is 0 Å². The molecule has 126 valence electrons. The highest BCUT2D eigenvalue weighted by molar-refractivity contribution is 7.84. The molecule has 0 amide bonds. The van der Waals surface area contributed by atoms with Crippen molar-refractivity contribution in [2.24, 2.45) is 0 Å². The average molecular weight is 345 g/mol. The van der Waals surface area contributed by atoms with Gasteiger partial charge in [-0.1, -0.05) is 6.07 Å². The van der Waals surface area contributed by atoms with Crippen LogP contribution in [0.5, 0.6) is 5.75 Å². The van der Waals surface area contributed by atoms with Crippen LogP contribution in [0.3, 0.4) is 0 Å². The minimum Gasteiger partial charge on any atom is -0.491 e. The molecule has 0 aliphatic carbocycles. The van der Waals surface area contributed by atoms with E-state index >= 15 is 0 Å². The first-order chi connectivity index (χ1) is 11.7. The van der Waals surface area contributed by atoms with Crippen molar-refractivity contribution < 1.29 is 13.7 Å². The van der Waals surface area contributed by atoms with Gasteiger partial charge in [0.2, 0.25) is 0 Å². The summed E-state index contributed by atoms with van der Waals surface area (Å²) in [4.78, 5) is 11.8. The molecule has 3 rings (SSSR count). The molecule has 2 heterocycles. The minimum atomic E-state index is -1.30. The standard InChI is InChI=1S/C17H19N3O3S/c1-12-3-4-15-16(9-12)20-17(19-15)24(21)11-13-10-14(5-6-18-13)23-8-7-22-2/h3-6,9-10H,7-8,11H2,1-2H3,(H,19,20)/t24-/m0/s1. The number of hydrogen-bond donors (Lipinski definition) is 1. The molecule has 0 spiro atoms. The van der Waals surface area contributed by atoms with Crippen molar-refractivity contribution in [3.8, 4) is 5.75 Å². The predicted molar refractivity (Wildman–Crippen MR) is 92.6 cm³/mol. The van der Waals surface area contributed by atoms with Crippen LogP contribution in [-0.4, -0.2) is 39.5 Å². The Balaban J connectivity index is 1.72. The molecule has 2 aromatic heterocycles. The first kappa shape index (κ1) is 16.6. The van der Waals surface area contributed by atoms with E-state index < -0.39 is 10.8 Å². The highest BCUT2D eigenvalue weighted by Gasteiger charge is 2.12. The van der Waals surface area contributed by atoms with E-state index in [2.05, 4.69) is 15.0 Å². The van der Waals surface area contributed by atoms with Crippen LogP contribution in [-0.2, 0) is 21.3 Å². The van der Waals surface area contributed by atoms with E-state index in [0.29, 0.717) is 29.8 Å². The van der Waals surface area contributed by atoms with Gasteiger partial charge in [-0.05, 0) is 30.7 Å². The van der Waals surface area contributed by atoms with Gasteiger partial charge in [-0.25, -0.2) is 4.98 Å². The summed E-state index contributed by atoms with van der Waals surface area (Å²) >= 11 is 0. The van der Waals surface area contributed by atoms with Crippen LogP contribution in [0.25, 0.3) is 11.0 Å². The fraction of sp³-hybridized carbons (Fsp3) is 0.294. The lowest BCUT2D eigenvalue weighted by Crippen LogP contribution is -2.05. The maximum Gasteiger partial charge on any atom is 0.197 e. The summed E-state index contributed by atoms with van der Waals surface area (Å²) < 4.78 is 23.1. The van der Waals surface area contributed by atoms with Crippen LogP contribution in [0, 0.1) is 6.92 Å². The quantitative estimate of drug-likeness (QED) is 0.666. The third-order valence-electron chi connectivity index (χ3n) is 3.45. The second-order valence-electron chi connectivity index (χ2n) is 5.38. The maximum atomic E-state index is 12.6. The Kier molecular flexibility index (Phi) is 5.22. The molecule has 0 radical (unpaired) electrons. The van der Waals surface area contributed by atoms with Crippen LogP contribution in [0.4, 0.5) is 0 Å². The topological polar surface area (TPSA) is 77.1 Å². The molecule has 0 aliphatic rings. The zero-order valence-corrected chi connectivity index (χ0v) is 14.4. The third kappa shape index (κ3) is 3.98. The Morgan fingerprint density at radius 1 is 1.21 bits per heavy atom. The lowest BCUT2D eigenvalue weighted by molar-refractivity contribution is 0.146. The van der Waals surface area contributed by atoms with E-state index in [-0.39, 0.29) is 5.75 Å². The average Bonchev–Trinajstić information content (AvgIpc) is 2.99. The normalized spacial score (nSPS) is 12.4. The van der Waals surface area contributed by atoms with Crippen LogP contribution < -0.4 is 4.74 Å². The molecule has 0 aliphatic heterocycles. The van der Waals surface area contributed by atoms with E-state index in [1.54, 1.807) is 25.4 Å². The molecule has 1 aromatic carbocycles. The number of pyridine rings is 1. The lowest BCUT2D eigenvalue weighted by Gasteiger charge is -2.06. The van der Waals surface area contributed by atoms with E-state index in [0.717, 1.165) is 16.6 Å².